The van der Waals surface area contributed by atoms with Crippen LogP contribution in [0.1, 0.15) is 6.92 Å². The fourth-order valence-electron chi connectivity index (χ4n) is 2.64. The second-order valence-electron chi connectivity index (χ2n) is 6.19. The van der Waals surface area contributed by atoms with Gasteiger partial charge in [-0.15, -0.1) is 16.4 Å². The van der Waals surface area contributed by atoms with Crippen LogP contribution in [-0.4, -0.2) is 66.1 Å². The summed E-state index contributed by atoms with van der Waals surface area (Å²) in [7, 11) is 1.57. The van der Waals surface area contributed by atoms with Gasteiger partial charge in [0, 0.05) is 25.9 Å². The van der Waals surface area contributed by atoms with Crippen molar-refractivity contribution in [3.8, 4) is 22.4 Å². The third-order valence-electron chi connectivity index (χ3n) is 4.00. The first-order valence-corrected chi connectivity index (χ1v) is 10.3. The molecule has 9 heteroatoms. The van der Waals surface area contributed by atoms with Crippen molar-refractivity contribution in [3.63, 3.8) is 0 Å². The average Bonchev–Trinajstić information content (AvgIpc) is 3.40. The van der Waals surface area contributed by atoms with Crippen LogP contribution >= 0.6 is 11.3 Å². The van der Waals surface area contributed by atoms with E-state index in [0.717, 1.165) is 22.1 Å². The lowest BCUT2D eigenvalue weighted by Gasteiger charge is -2.12. The molecular weight excluding hydrogens is 392 g/mol. The number of nitrogens with one attached hydrogen (secondary N) is 1. The van der Waals surface area contributed by atoms with Gasteiger partial charge in [-0.1, -0.05) is 6.07 Å². The summed E-state index contributed by atoms with van der Waals surface area (Å²) >= 11 is 1.59. The molecule has 2 aromatic heterocycles. The number of hydrogen-bond acceptors (Lipinski definition) is 8. The number of hydrogen-bond donors (Lipinski definition) is 2. The van der Waals surface area contributed by atoms with Crippen molar-refractivity contribution >= 4 is 17.0 Å². The molecular formula is C20H26N4O4S. The molecule has 0 saturated heterocycles. The van der Waals surface area contributed by atoms with Gasteiger partial charge in [-0.25, -0.2) is 4.68 Å². The zero-order valence-corrected chi connectivity index (χ0v) is 17.4. The molecule has 2 N–H and O–H groups in total. The van der Waals surface area contributed by atoms with Crippen LogP contribution < -0.4 is 10.1 Å². The molecule has 0 bridgehead atoms. The average molecular weight is 419 g/mol. The Balaban J connectivity index is 1.75. The first-order chi connectivity index (χ1) is 14.2. The molecule has 0 aliphatic carbocycles. The van der Waals surface area contributed by atoms with Gasteiger partial charge in [0.2, 0.25) is 0 Å². The van der Waals surface area contributed by atoms with Crippen molar-refractivity contribution in [1.82, 2.24) is 14.8 Å². The molecule has 0 fully saturated rings. The van der Waals surface area contributed by atoms with Gasteiger partial charge in [0.05, 0.1) is 29.9 Å². The summed E-state index contributed by atoms with van der Waals surface area (Å²) in [6.45, 7) is 4.19. The van der Waals surface area contributed by atoms with Crippen LogP contribution in [0.3, 0.4) is 0 Å². The van der Waals surface area contributed by atoms with E-state index < -0.39 is 6.10 Å². The molecule has 0 aliphatic rings. The maximum absolute atomic E-state index is 9.76. The first kappa shape index (κ1) is 21.3. The zero-order valence-electron chi connectivity index (χ0n) is 16.6. The Labute approximate surface area is 174 Å². The monoisotopic (exact) mass is 418 g/mol. The van der Waals surface area contributed by atoms with Crippen LogP contribution in [-0.2, 0) is 9.47 Å². The first-order valence-electron chi connectivity index (χ1n) is 9.44. The van der Waals surface area contributed by atoms with E-state index in [0.29, 0.717) is 39.0 Å². The number of aliphatic hydroxyl groups excluding tert-OH is 1. The van der Waals surface area contributed by atoms with Crippen LogP contribution in [0.5, 0.6) is 6.01 Å². The van der Waals surface area contributed by atoms with Gasteiger partial charge in [0.15, 0.2) is 5.82 Å². The Morgan fingerprint density at radius 2 is 2.03 bits per heavy atom. The minimum Gasteiger partial charge on any atom is -0.460 e. The highest BCUT2D eigenvalue weighted by Gasteiger charge is 2.15. The van der Waals surface area contributed by atoms with Gasteiger partial charge in [-0.2, -0.15) is 4.98 Å². The summed E-state index contributed by atoms with van der Waals surface area (Å²) in [5, 5.41) is 19.5. The molecule has 1 aromatic carbocycles. The van der Waals surface area contributed by atoms with Gasteiger partial charge in [0.25, 0.3) is 0 Å². The van der Waals surface area contributed by atoms with Crippen LogP contribution in [0.4, 0.5) is 5.69 Å². The number of nitrogens with zero attached hydrogens (tertiary/aromatic N) is 3. The fourth-order valence-corrected chi connectivity index (χ4v) is 3.34. The van der Waals surface area contributed by atoms with E-state index in [1.54, 1.807) is 23.1 Å². The summed E-state index contributed by atoms with van der Waals surface area (Å²) in [5.74, 6) is 0.725. The molecule has 3 aromatic rings. The number of rotatable bonds is 12. The van der Waals surface area contributed by atoms with Crippen molar-refractivity contribution in [2.24, 2.45) is 0 Å². The van der Waals surface area contributed by atoms with Crippen molar-refractivity contribution in [3.05, 3.63) is 41.8 Å². The number of anilines is 1. The summed E-state index contributed by atoms with van der Waals surface area (Å²) < 4.78 is 17.6. The zero-order chi connectivity index (χ0) is 20.5. The number of thiophene rings is 1. The van der Waals surface area contributed by atoms with Crippen LogP contribution in [0, 0.1) is 0 Å². The maximum Gasteiger partial charge on any atom is 0.336 e. The number of benzene rings is 1. The molecule has 0 saturated carbocycles. The molecule has 0 radical (unpaired) electrons. The molecule has 156 valence electrons. The van der Waals surface area contributed by atoms with Crippen molar-refractivity contribution in [2.45, 2.75) is 13.0 Å². The van der Waals surface area contributed by atoms with Gasteiger partial charge < -0.3 is 24.6 Å². The van der Waals surface area contributed by atoms with Crippen LogP contribution in [0.15, 0.2) is 41.8 Å². The van der Waals surface area contributed by atoms with Gasteiger partial charge >= 0.3 is 6.01 Å². The van der Waals surface area contributed by atoms with E-state index in [-0.39, 0.29) is 0 Å². The Kier molecular flexibility index (Phi) is 8.00. The minimum absolute atomic E-state index is 0.292. The number of methoxy groups -OCH3 is 1. The topological polar surface area (TPSA) is 90.7 Å². The normalized spacial score (nSPS) is 12.1. The third kappa shape index (κ3) is 6.01. The molecule has 0 amide bonds. The van der Waals surface area contributed by atoms with Gasteiger partial charge in [0.1, 0.15) is 6.61 Å². The summed E-state index contributed by atoms with van der Waals surface area (Å²) in [6, 6.07) is 12.1. The maximum atomic E-state index is 9.76. The van der Waals surface area contributed by atoms with Crippen molar-refractivity contribution in [1.29, 1.82) is 0 Å². The molecule has 8 nitrogen and oxygen atoms in total. The lowest BCUT2D eigenvalue weighted by molar-refractivity contribution is 0.0727. The fraction of sp³-hybridized carbons (Fsp3) is 0.400. The number of aromatic nitrogens is 3. The van der Waals surface area contributed by atoms with E-state index in [1.165, 1.54) is 0 Å². The standard InChI is InChI=1S/C20H26N4O4S/c1-3-27-10-11-28-20-22-19(18-5-4-12-29-18)24(23-20)16-8-6-15(7-9-16)21-13-17(25)14-26-2/h4-9,12,17,21,25H,3,10-11,13-14H2,1-2H3. The highest BCUT2D eigenvalue weighted by molar-refractivity contribution is 7.13. The van der Waals surface area contributed by atoms with Crippen molar-refractivity contribution in [2.75, 3.05) is 45.4 Å². The number of ether oxygens (including phenoxy) is 3. The van der Waals surface area contributed by atoms with E-state index >= 15 is 0 Å². The quantitative estimate of drug-likeness (QED) is 0.437. The Bertz CT molecular complexity index is 852. The minimum atomic E-state index is -0.559. The van der Waals surface area contributed by atoms with E-state index in [4.69, 9.17) is 14.2 Å². The Morgan fingerprint density at radius 1 is 1.21 bits per heavy atom. The predicted molar refractivity (Wildman–Crippen MR) is 113 cm³/mol. The molecule has 0 aliphatic heterocycles. The number of aliphatic hydroxyl groups is 1. The highest BCUT2D eigenvalue weighted by Crippen LogP contribution is 2.27. The highest BCUT2D eigenvalue weighted by atomic mass is 32.1. The molecule has 1 atom stereocenters. The summed E-state index contributed by atoms with van der Waals surface area (Å²) in [5.41, 5.74) is 1.76. The van der Waals surface area contributed by atoms with Gasteiger partial charge in [-0.05, 0) is 42.6 Å². The SMILES string of the molecule is CCOCCOc1nc(-c2cccs2)n(-c2ccc(NCC(O)COC)cc2)n1. The van der Waals surface area contributed by atoms with E-state index in [1.807, 2.05) is 48.7 Å². The second kappa shape index (κ2) is 10.9. The van der Waals surface area contributed by atoms with E-state index in [2.05, 4.69) is 15.4 Å². The van der Waals surface area contributed by atoms with Gasteiger partial charge in [-0.3, -0.25) is 0 Å². The molecule has 3 rings (SSSR count). The summed E-state index contributed by atoms with van der Waals surface area (Å²) in [6.07, 6.45) is -0.559. The molecule has 1 unspecified atom stereocenters. The third-order valence-corrected chi connectivity index (χ3v) is 4.87. The lowest BCUT2D eigenvalue weighted by atomic mass is 10.2. The lowest BCUT2D eigenvalue weighted by Crippen LogP contribution is -2.24. The largest absolute Gasteiger partial charge is 0.460 e. The smallest absolute Gasteiger partial charge is 0.336 e. The molecule has 29 heavy (non-hydrogen) atoms. The van der Waals surface area contributed by atoms with Crippen LogP contribution in [0.2, 0.25) is 0 Å². The van der Waals surface area contributed by atoms with E-state index in [9.17, 15) is 5.11 Å². The predicted octanol–water partition coefficient (Wildman–Crippen LogP) is 2.83. The van der Waals surface area contributed by atoms with Crippen molar-refractivity contribution < 1.29 is 19.3 Å². The second-order valence-corrected chi connectivity index (χ2v) is 7.14. The van der Waals surface area contributed by atoms with Crippen LogP contribution in [0.25, 0.3) is 16.4 Å². The Hall–Kier alpha value is -2.46. The molecule has 0 spiro atoms. The molecule has 2 heterocycles. The summed E-state index contributed by atoms with van der Waals surface area (Å²) in [4.78, 5) is 5.55. The Morgan fingerprint density at radius 3 is 2.72 bits per heavy atom.